The second kappa shape index (κ2) is 11.1. The molecule has 0 atom stereocenters. The summed E-state index contributed by atoms with van der Waals surface area (Å²) in [5.41, 5.74) is 1.75. The molecule has 0 saturated carbocycles. The van der Waals surface area contributed by atoms with Crippen molar-refractivity contribution >= 4 is 27.6 Å². The van der Waals surface area contributed by atoms with Gasteiger partial charge in [-0.1, -0.05) is 39.3 Å². The molecule has 0 saturated heterocycles. The fraction of sp³-hybridized carbons (Fsp3) is 0.286. The summed E-state index contributed by atoms with van der Waals surface area (Å²) in [6.07, 6.45) is 1.24. The van der Waals surface area contributed by atoms with Crippen molar-refractivity contribution in [1.29, 1.82) is 0 Å². The zero-order valence-electron chi connectivity index (χ0n) is 21.3. The van der Waals surface area contributed by atoms with E-state index in [-0.39, 0.29) is 28.9 Å². The van der Waals surface area contributed by atoms with Crippen molar-refractivity contribution in [1.82, 2.24) is 0 Å². The van der Waals surface area contributed by atoms with Gasteiger partial charge in [0.2, 0.25) is 6.79 Å². The lowest BCUT2D eigenvalue weighted by Gasteiger charge is -2.23. The lowest BCUT2D eigenvalue weighted by atomic mass is 10.0. The van der Waals surface area contributed by atoms with Gasteiger partial charge >= 0.3 is 5.97 Å². The lowest BCUT2D eigenvalue weighted by Crippen LogP contribution is -2.40. The number of carbonyl (C=O) groups is 2. The van der Waals surface area contributed by atoms with Crippen molar-refractivity contribution in [2.24, 2.45) is 0 Å². The minimum atomic E-state index is -4.33. The first-order valence-corrected chi connectivity index (χ1v) is 13.6. The number of aryl methyl sites for hydroxylation is 1. The summed E-state index contributed by atoms with van der Waals surface area (Å²) >= 11 is 0. The summed E-state index contributed by atoms with van der Waals surface area (Å²) in [5.74, 6) is -0.624. The van der Waals surface area contributed by atoms with E-state index in [1.807, 2.05) is 20.8 Å². The Kier molecular flexibility index (Phi) is 7.91. The Bertz CT molecular complexity index is 1450. The molecule has 3 aromatic carbocycles. The summed E-state index contributed by atoms with van der Waals surface area (Å²) in [5, 5.41) is 9.31. The SMILES string of the molecule is CCCc1cc(C(=O)O)ccc1OCC(=O)N(c1ccc2c(c1)OCO2)S(=O)(=O)c1ccc(C(C)C)cc1. The number of carboxylic acid groups (broad SMARTS) is 1. The first-order chi connectivity index (χ1) is 18.1. The zero-order valence-corrected chi connectivity index (χ0v) is 22.2. The van der Waals surface area contributed by atoms with Gasteiger partial charge in [-0.05, 0) is 65.9 Å². The first kappa shape index (κ1) is 27.0. The summed E-state index contributed by atoms with van der Waals surface area (Å²) in [4.78, 5) is 24.8. The van der Waals surface area contributed by atoms with E-state index in [1.165, 1.54) is 42.5 Å². The maximum atomic E-state index is 13.8. The minimum Gasteiger partial charge on any atom is -0.483 e. The molecule has 0 unspecified atom stereocenters. The Morgan fingerprint density at radius 3 is 2.37 bits per heavy atom. The molecule has 1 aliphatic rings. The zero-order chi connectivity index (χ0) is 27.4. The molecule has 0 aliphatic carbocycles. The predicted molar refractivity (Wildman–Crippen MR) is 141 cm³/mol. The third kappa shape index (κ3) is 5.60. The third-order valence-electron chi connectivity index (χ3n) is 6.08. The number of ether oxygens (including phenoxy) is 3. The minimum absolute atomic E-state index is 0.00813. The van der Waals surface area contributed by atoms with E-state index >= 15 is 0 Å². The highest BCUT2D eigenvalue weighted by atomic mass is 32.2. The molecule has 9 nitrogen and oxygen atoms in total. The first-order valence-electron chi connectivity index (χ1n) is 12.2. The van der Waals surface area contributed by atoms with Crippen LogP contribution in [0.4, 0.5) is 5.69 Å². The van der Waals surface area contributed by atoms with Gasteiger partial charge in [-0.3, -0.25) is 4.79 Å². The number of sulfonamides is 1. The standard InChI is InChI=1S/C28H29NO8S/c1-4-5-20-14-21(28(31)32)8-12-24(20)35-16-27(30)29(22-9-13-25-26(15-22)37-17-36-25)38(33,34)23-10-6-19(7-11-23)18(2)3/h6-15,18H,4-5,16-17H2,1-3H3,(H,31,32). The van der Waals surface area contributed by atoms with Gasteiger partial charge in [0.25, 0.3) is 15.9 Å². The summed E-state index contributed by atoms with van der Waals surface area (Å²) in [6.45, 7) is 5.33. The normalized spacial score (nSPS) is 12.4. The number of carbonyl (C=O) groups excluding carboxylic acids is 1. The fourth-order valence-corrected chi connectivity index (χ4v) is 5.48. The van der Waals surface area contributed by atoms with E-state index in [0.29, 0.717) is 33.5 Å². The molecule has 0 fully saturated rings. The number of benzene rings is 3. The molecule has 0 bridgehead atoms. The lowest BCUT2D eigenvalue weighted by molar-refractivity contribution is -0.119. The topological polar surface area (TPSA) is 119 Å². The van der Waals surface area contributed by atoms with Crippen LogP contribution in [0.15, 0.2) is 65.6 Å². The molecule has 1 aliphatic heterocycles. The molecular formula is C28H29NO8S. The molecule has 200 valence electrons. The molecule has 0 radical (unpaired) electrons. The predicted octanol–water partition coefficient (Wildman–Crippen LogP) is 4.99. The van der Waals surface area contributed by atoms with Gasteiger partial charge in [-0.15, -0.1) is 0 Å². The van der Waals surface area contributed by atoms with Crippen LogP contribution < -0.4 is 18.5 Å². The van der Waals surface area contributed by atoms with E-state index in [0.717, 1.165) is 12.0 Å². The van der Waals surface area contributed by atoms with E-state index in [9.17, 15) is 23.1 Å². The van der Waals surface area contributed by atoms with Gasteiger partial charge in [-0.2, -0.15) is 4.31 Å². The van der Waals surface area contributed by atoms with Crippen molar-refractivity contribution in [2.75, 3.05) is 17.7 Å². The van der Waals surface area contributed by atoms with Crippen molar-refractivity contribution in [3.8, 4) is 17.2 Å². The molecule has 1 amide bonds. The Morgan fingerprint density at radius 1 is 1.00 bits per heavy atom. The Morgan fingerprint density at radius 2 is 1.71 bits per heavy atom. The van der Waals surface area contributed by atoms with Gasteiger partial charge < -0.3 is 19.3 Å². The highest BCUT2D eigenvalue weighted by Gasteiger charge is 2.33. The molecular weight excluding hydrogens is 510 g/mol. The third-order valence-corrected chi connectivity index (χ3v) is 7.84. The van der Waals surface area contributed by atoms with Crippen LogP contribution in [0.3, 0.4) is 0 Å². The van der Waals surface area contributed by atoms with Gasteiger partial charge in [0, 0.05) is 6.07 Å². The number of carboxylic acids is 1. The number of hydrogen-bond acceptors (Lipinski definition) is 7. The van der Waals surface area contributed by atoms with Gasteiger partial charge in [0.05, 0.1) is 16.1 Å². The smallest absolute Gasteiger partial charge is 0.335 e. The van der Waals surface area contributed by atoms with E-state index in [1.54, 1.807) is 18.2 Å². The van der Waals surface area contributed by atoms with Crippen LogP contribution in [0.2, 0.25) is 0 Å². The van der Waals surface area contributed by atoms with Crippen LogP contribution in [-0.4, -0.2) is 38.8 Å². The maximum Gasteiger partial charge on any atom is 0.335 e. The van der Waals surface area contributed by atoms with Gasteiger partial charge in [-0.25, -0.2) is 13.2 Å². The highest BCUT2D eigenvalue weighted by Crippen LogP contribution is 2.37. The van der Waals surface area contributed by atoms with Gasteiger partial charge in [0.15, 0.2) is 18.1 Å². The van der Waals surface area contributed by atoms with Crippen LogP contribution >= 0.6 is 0 Å². The summed E-state index contributed by atoms with van der Waals surface area (Å²) < 4.78 is 44.7. The van der Waals surface area contributed by atoms with Crippen molar-refractivity contribution in [2.45, 2.75) is 44.4 Å². The number of hydrogen-bond donors (Lipinski definition) is 1. The Balaban J connectivity index is 1.68. The average molecular weight is 540 g/mol. The monoisotopic (exact) mass is 539 g/mol. The maximum absolute atomic E-state index is 13.8. The highest BCUT2D eigenvalue weighted by molar-refractivity contribution is 7.93. The molecule has 1 heterocycles. The van der Waals surface area contributed by atoms with E-state index < -0.39 is 28.5 Å². The molecule has 1 N–H and O–H groups in total. The van der Waals surface area contributed by atoms with Crippen LogP contribution in [0.5, 0.6) is 17.2 Å². The Labute approximate surface area is 221 Å². The van der Waals surface area contributed by atoms with Crippen LogP contribution in [0, 0.1) is 0 Å². The molecule has 0 spiro atoms. The molecule has 0 aromatic heterocycles. The fourth-order valence-electron chi connectivity index (χ4n) is 4.07. The second-order valence-corrected chi connectivity index (χ2v) is 10.9. The van der Waals surface area contributed by atoms with Crippen molar-refractivity contribution < 1.29 is 37.3 Å². The number of nitrogens with zero attached hydrogens (tertiary/aromatic N) is 1. The summed E-state index contributed by atoms with van der Waals surface area (Å²) in [7, 11) is -4.33. The van der Waals surface area contributed by atoms with Crippen LogP contribution in [0.25, 0.3) is 0 Å². The number of amides is 1. The second-order valence-electron chi connectivity index (χ2n) is 9.09. The van der Waals surface area contributed by atoms with Gasteiger partial charge in [0.1, 0.15) is 5.75 Å². The van der Waals surface area contributed by atoms with Crippen molar-refractivity contribution in [3.05, 3.63) is 77.4 Å². The largest absolute Gasteiger partial charge is 0.483 e. The molecule has 38 heavy (non-hydrogen) atoms. The summed E-state index contributed by atoms with van der Waals surface area (Å²) in [6, 6.07) is 15.2. The Hall–Kier alpha value is -4.05. The van der Waals surface area contributed by atoms with E-state index in [2.05, 4.69) is 0 Å². The number of anilines is 1. The number of rotatable bonds is 10. The van der Waals surface area contributed by atoms with Crippen molar-refractivity contribution in [3.63, 3.8) is 0 Å². The van der Waals surface area contributed by atoms with Crippen LogP contribution in [-0.2, 0) is 21.2 Å². The molecule has 3 aromatic rings. The number of aromatic carboxylic acids is 1. The average Bonchev–Trinajstić information content (AvgIpc) is 3.36. The number of fused-ring (bicyclic) bond motifs is 1. The van der Waals surface area contributed by atoms with Crippen LogP contribution in [0.1, 0.15) is 54.6 Å². The van der Waals surface area contributed by atoms with E-state index in [4.69, 9.17) is 14.2 Å². The molecule has 4 rings (SSSR count). The quantitative estimate of drug-likeness (QED) is 0.383. The molecule has 10 heteroatoms.